The summed E-state index contributed by atoms with van der Waals surface area (Å²) in [6.45, 7) is 0. The number of ether oxygens (including phenoxy) is 1. The van der Waals surface area contributed by atoms with E-state index in [0.717, 1.165) is 5.56 Å². The molecule has 0 bridgehead atoms. The fourth-order valence-corrected chi connectivity index (χ4v) is 4.68. The second-order valence-corrected chi connectivity index (χ2v) is 9.34. The third-order valence-corrected chi connectivity index (χ3v) is 7.08. The van der Waals surface area contributed by atoms with E-state index in [1.807, 2.05) is 0 Å². The van der Waals surface area contributed by atoms with E-state index < -0.39 is 29.1 Å². The first kappa shape index (κ1) is 24.9. The molecule has 0 fully saturated rings. The van der Waals surface area contributed by atoms with Crippen LogP contribution in [0.15, 0.2) is 48.5 Å². The zero-order chi connectivity index (χ0) is 19.4. The van der Waals surface area contributed by atoms with Crippen LogP contribution in [0.5, 0.6) is 11.5 Å². The van der Waals surface area contributed by atoms with E-state index in [1.54, 1.807) is 24.3 Å². The SMILES string of the molecule is O=P(O)(O)[C@@H](CCCc1cccc(Oc2ccc(F)cc2)c1)S(=O)(=O)[O-].[K+]. The van der Waals surface area contributed by atoms with Crippen molar-refractivity contribution in [3.8, 4) is 11.5 Å². The maximum absolute atomic E-state index is 12.9. The second kappa shape index (κ2) is 10.6. The molecule has 0 unspecified atom stereocenters. The molecule has 2 rings (SSSR count). The van der Waals surface area contributed by atoms with Crippen LogP contribution in [0.2, 0.25) is 0 Å². The molecular formula is C16H17FKO7PS. The molecular weight excluding hydrogens is 425 g/mol. The van der Waals surface area contributed by atoms with E-state index in [4.69, 9.17) is 14.5 Å². The number of rotatable bonds is 8. The van der Waals surface area contributed by atoms with E-state index in [2.05, 4.69) is 0 Å². The van der Waals surface area contributed by atoms with Crippen LogP contribution in [0.4, 0.5) is 4.39 Å². The van der Waals surface area contributed by atoms with Crippen molar-refractivity contribution in [2.24, 2.45) is 0 Å². The first-order valence-electron chi connectivity index (χ1n) is 7.58. The van der Waals surface area contributed by atoms with E-state index in [9.17, 15) is 21.9 Å². The Morgan fingerprint density at radius 2 is 1.74 bits per heavy atom. The molecule has 0 amide bonds. The van der Waals surface area contributed by atoms with Crippen LogP contribution in [0.3, 0.4) is 0 Å². The van der Waals surface area contributed by atoms with Crippen molar-refractivity contribution >= 4 is 17.7 Å². The normalized spacial score (nSPS) is 12.9. The van der Waals surface area contributed by atoms with Gasteiger partial charge in [-0.1, -0.05) is 12.1 Å². The van der Waals surface area contributed by atoms with Gasteiger partial charge < -0.3 is 19.1 Å². The monoisotopic (exact) mass is 442 g/mol. The topological polar surface area (TPSA) is 124 Å². The van der Waals surface area contributed by atoms with Crippen LogP contribution in [0.25, 0.3) is 0 Å². The van der Waals surface area contributed by atoms with Gasteiger partial charge in [0.25, 0.3) is 0 Å². The van der Waals surface area contributed by atoms with Crippen molar-refractivity contribution in [3.05, 3.63) is 59.9 Å². The van der Waals surface area contributed by atoms with Gasteiger partial charge >= 0.3 is 59.0 Å². The molecule has 0 aliphatic heterocycles. The van der Waals surface area contributed by atoms with Gasteiger partial charge in [0.2, 0.25) is 0 Å². The van der Waals surface area contributed by atoms with Gasteiger partial charge in [0, 0.05) is 0 Å². The van der Waals surface area contributed by atoms with Gasteiger partial charge in [0.05, 0.1) is 0 Å². The zero-order valence-electron chi connectivity index (χ0n) is 14.5. The summed E-state index contributed by atoms with van der Waals surface area (Å²) >= 11 is 0. The third kappa shape index (κ3) is 8.41. The summed E-state index contributed by atoms with van der Waals surface area (Å²) in [5.74, 6) is 0.513. The molecule has 2 aromatic rings. The molecule has 0 saturated carbocycles. The summed E-state index contributed by atoms with van der Waals surface area (Å²) in [4.78, 5) is 15.8. The second-order valence-electron chi connectivity index (χ2n) is 5.63. The largest absolute Gasteiger partial charge is 1.00 e. The van der Waals surface area contributed by atoms with Crippen molar-refractivity contribution < 1.29 is 87.8 Å². The fraction of sp³-hybridized carbons (Fsp3) is 0.250. The van der Waals surface area contributed by atoms with Gasteiger partial charge in [-0.2, -0.15) is 0 Å². The summed E-state index contributed by atoms with van der Waals surface area (Å²) in [5.41, 5.74) is 0.734. The van der Waals surface area contributed by atoms with E-state index >= 15 is 0 Å². The van der Waals surface area contributed by atoms with Crippen molar-refractivity contribution in [1.29, 1.82) is 0 Å². The van der Waals surface area contributed by atoms with Crippen LogP contribution in [-0.4, -0.2) is 27.7 Å². The number of aryl methyl sites for hydroxylation is 1. The molecule has 0 aliphatic rings. The molecule has 2 aromatic carbocycles. The Morgan fingerprint density at radius 3 is 2.30 bits per heavy atom. The summed E-state index contributed by atoms with van der Waals surface area (Å²) in [7, 11) is -10.1. The molecule has 7 nitrogen and oxygen atoms in total. The van der Waals surface area contributed by atoms with Crippen LogP contribution >= 0.6 is 7.60 Å². The number of hydrogen-bond donors (Lipinski definition) is 2. The zero-order valence-corrected chi connectivity index (χ0v) is 19.3. The average Bonchev–Trinajstić information content (AvgIpc) is 2.52. The van der Waals surface area contributed by atoms with Gasteiger partial charge in [0.15, 0.2) is 4.99 Å². The first-order valence-corrected chi connectivity index (χ1v) is 10.7. The summed E-state index contributed by atoms with van der Waals surface area (Å²) in [6, 6.07) is 12.2. The minimum atomic E-state index is -5.10. The molecule has 0 aliphatic carbocycles. The smallest absolute Gasteiger partial charge is 0.747 e. The van der Waals surface area contributed by atoms with Crippen molar-refractivity contribution in [3.63, 3.8) is 0 Å². The minimum absolute atomic E-state index is 0. The van der Waals surface area contributed by atoms with Gasteiger partial charge in [-0.25, -0.2) is 12.8 Å². The van der Waals surface area contributed by atoms with Crippen LogP contribution in [0, 0.1) is 5.82 Å². The molecule has 0 radical (unpaired) electrons. The summed E-state index contributed by atoms with van der Waals surface area (Å²) in [5, 5.41) is 0. The van der Waals surface area contributed by atoms with E-state index in [0.29, 0.717) is 17.9 Å². The van der Waals surface area contributed by atoms with Crippen molar-refractivity contribution in [1.82, 2.24) is 0 Å². The predicted molar refractivity (Wildman–Crippen MR) is 91.4 cm³/mol. The molecule has 142 valence electrons. The molecule has 2 N–H and O–H groups in total. The molecule has 0 saturated heterocycles. The van der Waals surface area contributed by atoms with Crippen molar-refractivity contribution in [2.45, 2.75) is 24.3 Å². The first-order chi connectivity index (χ1) is 12.1. The Labute approximate surface area is 199 Å². The maximum atomic E-state index is 12.9. The number of hydrogen-bond acceptors (Lipinski definition) is 5. The third-order valence-electron chi connectivity index (χ3n) is 3.57. The molecule has 0 aromatic heterocycles. The predicted octanol–water partition coefficient (Wildman–Crippen LogP) is -0.00630. The standard InChI is InChI=1S/C16H18FO7PS.K/c17-13-7-9-14(10-8-13)24-15-5-1-3-12(11-15)4-2-6-16(25(18,19)20)26(21,22)23;/h1,3,5,7-11,16H,2,4,6H2,(H2,18,19,20)(H,21,22,23);/q;+1/p-1/t16-;/m1./s1. The minimum Gasteiger partial charge on any atom is -0.747 e. The maximum Gasteiger partial charge on any atom is 1.00 e. The van der Waals surface area contributed by atoms with Gasteiger partial charge in [-0.3, -0.25) is 4.57 Å². The Kier molecular flexibility index (Phi) is 9.77. The molecule has 0 heterocycles. The van der Waals surface area contributed by atoms with Crippen molar-refractivity contribution in [2.75, 3.05) is 0 Å². The van der Waals surface area contributed by atoms with E-state index in [1.165, 1.54) is 24.3 Å². The molecule has 1 atom stereocenters. The quantitative estimate of drug-likeness (QED) is 0.335. The van der Waals surface area contributed by atoms with Crippen LogP contribution < -0.4 is 56.1 Å². The Bertz CT molecular complexity index is 899. The molecule has 0 spiro atoms. The van der Waals surface area contributed by atoms with E-state index in [-0.39, 0.29) is 63.6 Å². The van der Waals surface area contributed by atoms with Gasteiger partial charge in [0.1, 0.15) is 27.4 Å². The summed E-state index contributed by atoms with van der Waals surface area (Å²) < 4.78 is 62.7. The Balaban J connectivity index is 0.00000364. The Morgan fingerprint density at radius 1 is 1.11 bits per heavy atom. The fourth-order valence-electron chi connectivity index (χ4n) is 2.36. The number of halogens is 1. The Hall–Kier alpha value is -0.134. The average molecular weight is 442 g/mol. The van der Waals surface area contributed by atoms with Crippen LogP contribution in [-0.2, 0) is 21.1 Å². The van der Waals surface area contributed by atoms with Gasteiger partial charge in [-0.15, -0.1) is 0 Å². The molecule has 27 heavy (non-hydrogen) atoms. The molecule has 11 heteroatoms. The van der Waals surface area contributed by atoms with Crippen LogP contribution in [0.1, 0.15) is 18.4 Å². The van der Waals surface area contributed by atoms with Gasteiger partial charge in [-0.05, 0) is 61.2 Å². The number of benzene rings is 2. The summed E-state index contributed by atoms with van der Waals surface area (Å²) in [6.07, 6.45) is -0.0525.